The smallest absolute Gasteiger partial charge is 0.123 e. The molecule has 0 radical (unpaired) electrons. The van der Waals surface area contributed by atoms with Gasteiger partial charge in [-0.15, -0.1) is 0 Å². The molecule has 0 fully saturated rings. The molecule has 0 saturated heterocycles. The van der Waals surface area contributed by atoms with Crippen LogP contribution in [0, 0.1) is 12.7 Å². The van der Waals surface area contributed by atoms with Crippen LogP contribution in [0.15, 0.2) is 18.2 Å². The van der Waals surface area contributed by atoms with E-state index >= 15 is 0 Å². The number of aliphatic hydroxyl groups is 1. The Morgan fingerprint density at radius 2 is 2.14 bits per heavy atom. The maximum atomic E-state index is 12.9. The molecule has 1 rings (SSSR count). The van der Waals surface area contributed by atoms with Gasteiger partial charge in [-0.25, -0.2) is 4.39 Å². The normalized spacial score (nSPS) is 15.2. The number of aryl methyl sites for hydroxylation is 1. The lowest BCUT2D eigenvalue weighted by atomic mass is 9.97. The standard InChI is InChI=1S/C11H16FNO/c1-3-10(13)11(14)9-6-8(12)5-4-7(9)2/h4-6,10-11,14H,3,13H2,1-2H3. The van der Waals surface area contributed by atoms with Crippen molar-refractivity contribution in [1.29, 1.82) is 0 Å². The van der Waals surface area contributed by atoms with Crippen molar-refractivity contribution >= 4 is 0 Å². The molecule has 0 heterocycles. The minimum Gasteiger partial charge on any atom is -0.387 e. The topological polar surface area (TPSA) is 46.2 Å². The summed E-state index contributed by atoms with van der Waals surface area (Å²) in [6, 6.07) is 4.03. The van der Waals surface area contributed by atoms with Gasteiger partial charge in [0.15, 0.2) is 0 Å². The van der Waals surface area contributed by atoms with E-state index in [0.717, 1.165) is 5.56 Å². The summed E-state index contributed by atoms with van der Waals surface area (Å²) >= 11 is 0. The molecule has 0 aliphatic heterocycles. The quantitative estimate of drug-likeness (QED) is 0.777. The van der Waals surface area contributed by atoms with E-state index in [1.165, 1.54) is 12.1 Å². The highest BCUT2D eigenvalue weighted by Gasteiger charge is 2.17. The Morgan fingerprint density at radius 1 is 1.50 bits per heavy atom. The SMILES string of the molecule is CCC(N)C(O)c1cc(F)ccc1C. The average Bonchev–Trinajstić information content (AvgIpc) is 2.19. The number of hydrogen-bond donors (Lipinski definition) is 2. The number of hydrogen-bond acceptors (Lipinski definition) is 2. The third kappa shape index (κ3) is 2.30. The first-order valence-electron chi connectivity index (χ1n) is 4.76. The van der Waals surface area contributed by atoms with Gasteiger partial charge >= 0.3 is 0 Å². The molecule has 0 spiro atoms. The Labute approximate surface area is 83.6 Å². The highest BCUT2D eigenvalue weighted by molar-refractivity contribution is 5.29. The van der Waals surface area contributed by atoms with Gasteiger partial charge in [-0.1, -0.05) is 13.0 Å². The van der Waals surface area contributed by atoms with Crippen molar-refractivity contribution in [1.82, 2.24) is 0 Å². The van der Waals surface area contributed by atoms with E-state index in [0.29, 0.717) is 12.0 Å². The number of benzene rings is 1. The molecule has 1 aromatic rings. The van der Waals surface area contributed by atoms with Crippen molar-refractivity contribution in [3.05, 3.63) is 35.1 Å². The summed E-state index contributed by atoms with van der Waals surface area (Å²) in [5.74, 6) is -0.340. The van der Waals surface area contributed by atoms with E-state index in [1.54, 1.807) is 6.07 Å². The van der Waals surface area contributed by atoms with Crippen LogP contribution >= 0.6 is 0 Å². The monoisotopic (exact) mass is 197 g/mol. The third-order valence-electron chi connectivity index (χ3n) is 2.44. The summed E-state index contributed by atoms with van der Waals surface area (Å²) in [5.41, 5.74) is 7.14. The van der Waals surface area contributed by atoms with Crippen LogP contribution in [0.4, 0.5) is 4.39 Å². The zero-order valence-electron chi connectivity index (χ0n) is 8.50. The minimum atomic E-state index is -0.782. The first kappa shape index (κ1) is 11.1. The molecule has 0 aliphatic rings. The highest BCUT2D eigenvalue weighted by Crippen LogP contribution is 2.21. The molecule has 2 nitrogen and oxygen atoms in total. The van der Waals surface area contributed by atoms with E-state index in [9.17, 15) is 9.50 Å². The van der Waals surface area contributed by atoms with Crippen molar-refractivity contribution in [3.8, 4) is 0 Å². The Balaban J connectivity index is 2.99. The van der Waals surface area contributed by atoms with Crippen molar-refractivity contribution in [2.75, 3.05) is 0 Å². The zero-order valence-corrected chi connectivity index (χ0v) is 8.50. The maximum absolute atomic E-state index is 12.9. The number of aliphatic hydroxyl groups excluding tert-OH is 1. The van der Waals surface area contributed by atoms with Gasteiger partial charge < -0.3 is 10.8 Å². The van der Waals surface area contributed by atoms with Crippen LogP contribution in [0.1, 0.15) is 30.6 Å². The fraction of sp³-hybridized carbons (Fsp3) is 0.455. The van der Waals surface area contributed by atoms with Gasteiger partial charge in [0.05, 0.1) is 6.10 Å². The predicted octanol–water partition coefficient (Wildman–Crippen LogP) is 1.90. The summed E-state index contributed by atoms with van der Waals surface area (Å²) in [4.78, 5) is 0. The molecule has 0 bridgehead atoms. The molecular weight excluding hydrogens is 181 g/mol. The van der Waals surface area contributed by atoms with Gasteiger partial charge in [0.1, 0.15) is 5.82 Å². The molecule has 2 atom stereocenters. The molecule has 0 amide bonds. The minimum absolute atomic E-state index is 0.338. The Morgan fingerprint density at radius 3 is 2.71 bits per heavy atom. The van der Waals surface area contributed by atoms with Crippen LogP contribution in [0.5, 0.6) is 0 Å². The lowest BCUT2D eigenvalue weighted by Gasteiger charge is -2.19. The molecule has 14 heavy (non-hydrogen) atoms. The third-order valence-corrected chi connectivity index (χ3v) is 2.44. The van der Waals surface area contributed by atoms with Crippen LogP contribution < -0.4 is 5.73 Å². The zero-order chi connectivity index (χ0) is 10.7. The van der Waals surface area contributed by atoms with Gasteiger partial charge in [0.25, 0.3) is 0 Å². The summed E-state index contributed by atoms with van der Waals surface area (Å²) < 4.78 is 12.9. The van der Waals surface area contributed by atoms with Gasteiger partial charge in [0.2, 0.25) is 0 Å². The van der Waals surface area contributed by atoms with Gasteiger partial charge in [-0.05, 0) is 36.6 Å². The van der Waals surface area contributed by atoms with Crippen LogP contribution in [0.3, 0.4) is 0 Å². The number of halogens is 1. The largest absolute Gasteiger partial charge is 0.387 e. The summed E-state index contributed by atoms with van der Waals surface area (Å²) in [5, 5.41) is 9.80. The van der Waals surface area contributed by atoms with Crippen LogP contribution in [-0.4, -0.2) is 11.1 Å². The van der Waals surface area contributed by atoms with E-state index in [-0.39, 0.29) is 11.9 Å². The fourth-order valence-corrected chi connectivity index (χ4v) is 1.38. The van der Waals surface area contributed by atoms with Crippen molar-refractivity contribution < 1.29 is 9.50 Å². The van der Waals surface area contributed by atoms with Crippen molar-refractivity contribution in [2.45, 2.75) is 32.4 Å². The van der Waals surface area contributed by atoms with Gasteiger partial charge in [-0.2, -0.15) is 0 Å². The molecule has 1 aromatic carbocycles. The number of nitrogens with two attached hydrogens (primary N) is 1. The lowest BCUT2D eigenvalue weighted by molar-refractivity contribution is 0.143. The second kappa shape index (κ2) is 4.53. The highest BCUT2D eigenvalue weighted by atomic mass is 19.1. The predicted molar refractivity (Wildman–Crippen MR) is 54.4 cm³/mol. The maximum Gasteiger partial charge on any atom is 0.123 e. The summed E-state index contributed by atoms with van der Waals surface area (Å²) in [6.45, 7) is 3.73. The Kier molecular flexibility index (Phi) is 3.61. The molecular formula is C11H16FNO. The first-order chi connectivity index (χ1) is 6.56. The van der Waals surface area contributed by atoms with Crippen LogP contribution in [0.25, 0.3) is 0 Å². The fourth-order valence-electron chi connectivity index (χ4n) is 1.38. The van der Waals surface area contributed by atoms with E-state index in [4.69, 9.17) is 5.73 Å². The molecule has 0 aromatic heterocycles. The van der Waals surface area contributed by atoms with Crippen LogP contribution in [0.2, 0.25) is 0 Å². The lowest BCUT2D eigenvalue weighted by Crippen LogP contribution is -2.27. The number of rotatable bonds is 3. The summed E-state index contributed by atoms with van der Waals surface area (Å²) in [6.07, 6.45) is -0.118. The first-order valence-corrected chi connectivity index (χ1v) is 4.76. The van der Waals surface area contributed by atoms with Crippen molar-refractivity contribution in [3.63, 3.8) is 0 Å². The Hall–Kier alpha value is -0.930. The average molecular weight is 197 g/mol. The molecule has 2 unspecified atom stereocenters. The van der Waals surface area contributed by atoms with Crippen LogP contribution in [-0.2, 0) is 0 Å². The molecule has 3 N–H and O–H groups in total. The second-order valence-electron chi connectivity index (χ2n) is 3.52. The van der Waals surface area contributed by atoms with E-state index < -0.39 is 6.10 Å². The summed E-state index contributed by atoms with van der Waals surface area (Å²) in [7, 11) is 0. The van der Waals surface area contributed by atoms with E-state index in [1.807, 2.05) is 13.8 Å². The van der Waals surface area contributed by atoms with Gasteiger partial charge in [-0.3, -0.25) is 0 Å². The van der Waals surface area contributed by atoms with E-state index in [2.05, 4.69) is 0 Å². The van der Waals surface area contributed by atoms with Gasteiger partial charge in [0, 0.05) is 6.04 Å². The van der Waals surface area contributed by atoms with Crippen molar-refractivity contribution in [2.24, 2.45) is 5.73 Å². The molecule has 0 saturated carbocycles. The molecule has 3 heteroatoms. The Bertz CT molecular complexity index is 314. The second-order valence-corrected chi connectivity index (χ2v) is 3.52. The molecule has 0 aliphatic carbocycles. The molecule has 78 valence electrons.